The molecule has 0 spiro atoms. The van der Waals surface area contributed by atoms with E-state index in [1.807, 2.05) is 76.4 Å². The maximum Gasteiger partial charge on any atom is 0.338 e. The average molecular weight is 1060 g/mol. The van der Waals surface area contributed by atoms with Crippen molar-refractivity contribution in [2.75, 3.05) is 39.6 Å². The van der Waals surface area contributed by atoms with Crippen LogP contribution in [0, 0.1) is 0 Å². The first kappa shape index (κ1) is 49.5. The molecule has 17 nitrogen and oxygen atoms in total. The third-order valence-electron chi connectivity index (χ3n) is 14.1. The molecule has 80 heavy (non-hydrogen) atoms. The van der Waals surface area contributed by atoms with Crippen molar-refractivity contribution in [3.63, 3.8) is 0 Å². The van der Waals surface area contributed by atoms with Gasteiger partial charge in [0.2, 0.25) is 0 Å². The SMILES string of the molecule is O=C(OCCOCCOCCO)c1cc(-n2cc(-c3cccc(-c4cn(Cc5c6ccccc6cc6ccccc56)nn4)c3)nn2)cc(-n2cc(-c3cccc(-c4cn(Cc5c6ccccc6cc6ccccc56)nn4)c3)nn2)c1. The number of carbonyl (C=O) groups is 1. The Bertz CT molecular complexity index is 4020. The fraction of sp³-hybridized carbons (Fsp3) is 0.127. The zero-order chi connectivity index (χ0) is 53.8. The topological polar surface area (TPSA) is 188 Å². The predicted octanol–water partition coefficient (Wildman–Crippen LogP) is 10.6. The van der Waals surface area contributed by atoms with E-state index in [9.17, 15) is 4.79 Å². The maximum absolute atomic E-state index is 13.8. The van der Waals surface area contributed by atoms with Gasteiger partial charge in [-0.1, -0.05) is 154 Å². The van der Waals surface area contributed by atoms with E-state index in [-0.39, 0.29) is 32.0 Å². The molecule has 13 rings (SSSR count). The number of aliphatic hydroxyl groups excluding tert-OH is 1. The fourth-order valence-electron chi connectivity index (χ4n) is 10.3. The third-order valence-corrected chi connectivity index (χ3v) is 14.1. The first-order valence-corrected chi connectivity index (χ1v) is 26.2. The van der Waals surface area contributed by atoms with Crippen LogP contribution < -0.4 is 0 Å². The van der Waals surface area contributed by atoms with Gasteiger partial charge in [0.15, 0.2) is 0 Å². The zero-order valence-electron chi connectivity index (χ0n) is 43.2. The molecule has 392 valence electrons. The number of hydrogen-bond donors (Lipinski definition) is 1. The van der Waals surface area contributed by atoms with Gasteiger partial charge in [-0.15, -0.1) is 20.4 Å². The first-order valence-electron chi connectivity index (χ1n) is 26.2. The van der Waals surface area contributed by atoms with Crippen LogP contribution in [0.5, 0.6) is 0 Å². The van der Waals surface area contributed by atoms with Crippen LogP contribution in [0.15, 0.2) is 201 Å². The summed E-state index contributed by atoms with van der Waals surface area (Å²) in [6.45, 7) is 2.02. The van der Waals surface area contributed by atoms with Crippen LogP contribution in [-0.4, -0.2) is 111 Å². The smallest absolute Gasteiger partial charge is 0.338 e. The van der Waals surface area contributed by atoms with E-state index < -0.39 is 5.97 Å². The van der Waals surface area contributed by atoms with Crippen LogP contribution in [0.2, 0.25) is 0 Å². The van der Waals surface area contributed by atoms with Gasteiger partial charge < -0.3 is 19.3 Å². The van der Waals surface area contributed by atoms with E-state index in [2.05, 4.69) is 150 Å². The molecular formula is C63H50N12O5. The molecule has 0 aliphatic carbocycles. The van der Waals surface area contributed by atoms with Crippen LogP contribution in [0.3, 0.4) is 0 Å². The number of ether oxygens (including phenoxy) is 3. The van der Waals surface area contributed by atoms with E-state index >= 15 is 0 Å². The molecule has 0 radical (unpaired) electrons. The Balaban J connectivity index is 0.761. The Morgan fingerprint density at radius 1 is 0.400 bits per heavy atom. The molecule has 0 saturated carbocycles. The molecule has 0 saturated heterocycles. The molecule has 4 aromatic heterocycles. The van der Waals surface area contributed by atoms with Crippen molar-refractivity contribution in [2.45, 2.75) is 13.1 Å². The van der Waals surface area contributed by atoms with Gasteiger partial charge in [-0.3, -0.25) is 0 Å². The summed E-state index contributed by atoms with van der Waals surface area (Å²) in [6, 6.07) is 59.3. The lowest BCUT2D eigenvalue weighted by atomic mass is 9.97. The van der Waals surface area contributed by atoms with Gasteiger partial charge in [0, 0.05) is 22.3 Å². The summed E-state index contributed by atoms with van der Waals surface area (Å²) in [5.41, 5.74) is 9.66. The molecule has 0 aliphatic heterocycles. The van der Waals surface area contributed by atoms with Crippen molar-refractivity contribution < 1.29 is 24.1 Å². The van der Waals surface area contributed by atoms with Crippen LogP contribution >= 0.6 is 0 Å². The standard InChI is InChI=1S/C63H50N12O5/c76-23-24-78-25-26-79-27-28-80-63(77)50-33-51(74-40-61(66-70-74)48-17-9-15-46(31-48)59-38-72(68-64-59)36-57-53-19-5-1-11-42(53)29-43-12-2-6-20-54(43)57)35-52(34-50)75-41-62(67-71-75)49-18-10-16-47(32-49)60-39-73(69-65-60)37-58-55-21-7-3-13-44(55)30-45-14-4-8-22-56(45)58/h1-22,29-35,38-41,76H,23-28,36-37H2. The second-order valence-corrected chi connectivity index (χ2v) is 19.3. The molecule has 0 bridgehead atoms. The van der Waals surface area contributed by atoms with Crippen LogP contribution in [0.4, 0.5) is 0 Å². The number of aliphatic hydroxyl groups is 1. The number of hydrogen-bond acceptors (Lipinski definition) is 13. The highest BCUT2D eigenvalue weighted by Crippen LogP contribution is 2.33. The number of rotatable bonds is 19. The summed E-state index contributed by atoms with van der Waals surface area (Å²) in [5, 5.41) is 55.0. The van der Waals surface area contributed by atoms with Crippen molar-refractivity contribution in [3.05, 3.63) is 217 Å². The summed E-state index contributed by atoms with van der Waals surface area (Å²) in [7, 11) is 0. The Morgan fingerprint density at radius 2 is 0.787 bits per heavy atom. The van der Waals surface area contributed by atoms with Gasteiger partial charge in [0.05, 0.1) is 87.8 Å². The second kappa shape index (κ2) is 22.1. The van der Waals surface area contributed by atoms with Crippen molar-refractivity contribution in [3.8, 4) is 56.4 Å². The van der Waals surface area contributed by atoms with E-state index in [4.69, 9.17) is 19.3 Å². The van der Waals surface area contributed by atoms with E-state index in [1.165, 1.54) is 54.2 Å². The second-order valence-electron chi connectivity index (χ2n) is 19.3. The van der Waals surface area contributed by atoms with Gasteiger partial charge in [-0.25, -0.2) is 23.5 Å². The molecule has 13 aromatic rings. The molecule has 0 amide bonds. The molecule has 0 aliphatic rings. The zero-order valence-corrected chi connectivity index (χ0v) is 43.2. The van der Waals surface area contributed by atoms with Crippen molar-refractivity contribution in [1.29, 1.82) is 0 Å². The molecule has 1 N–H and O–H groups in total. The molecule has 17 heteroatoms. The van der Waals surface area contributed by atoms with Crippen molar-refractivity contribution >= 4 is 49.1 Å². The van der Waals surface area contributed by atoms with Gasteiger partial charge in [-0.05, 0) is 96.7 Å². The molecular weight excluding hydrogens is 1000 g/mol. The number of esters is 1. The van der Waals surface area contributed by atoms with E-state index in [1.54, 1.807) is 33.9 Å². The molecule has 0 atom stereocenters. The highest BCUT2D eigenvalue weighted by atomic mass is 16.6. The first-order chi connectivity index (χ1) is 39.5. The van der Waals surface area contributed by atoms with Crippen LogP contribution in [0.25, 0.3) is 99.5 Å². The summed E-state index contributed by atoms with van der Waals surface area (Å²) in [4.78, 5) is 13.8. The van der Waals surface area contributed by atoms with Gasteiger partial charge in [0.1, 0.15) is 29.4 Å². The molecule has 4 heterocycles. The van der Waals surface area contributed by atoms with Gasteiger partial charge in [-0.2, -0.15) is 0 Å². The number of benzene rings is 9. The number of fused-ring (bicyclic) bond motifs is 4. The lowest BCUT2D eigenvalue weighted by Crippen LogP contribution is -2.14. The number of carbonyl (C=O) groups excluding carboxylic acids is 1. The highest BCUT2D eigenvalue weighted by molar-refractivity contribution is 6.03. The monoisotopic (exact) mass is 1050 g/mol. The summed E-state index contributed by atoms with van der Waals surface area (Å²) in [6.07, 6.45) is 7.54. The van der Waals surface area contributed by atoms with E-state index in [0.717, 1.165) is 22.3 Å². The Hall–Kier alpha value is -10.1. The fourth-order valence-corrected chi connectivity index (χ4v) is 10.3. The Labute approximate surface area is 457 Å². The van der Waals surface area contributed by atoms with Crippen LogP contribution in [-0.2, 0) is 27.3 Å². The molecule has 9 aromatic carbocycles. The summed E-state index contributed by atoms with van der Waals surface area (Å²) < 4.78 is 23.5. The Kier molecular flexibility index (Phi) is 13.7. The summed E-state index contributed by atoms with van der Waals surface area (Å²) >= 11 is 0. The summed E-state index contributed by atoms with van der Waals surface area (Å²) in [5.74, 6) is -0.572. The normalized spacial score (nSPS) is 11.6. The average Bonchev–Trinajstić information content (AvgIpc) is 4.48. The molecule has 0 unspecified atom stereocenters. The highest BCUT2D eigenvalue weighted by Gasteiger charge is 2.18. The minimum Gasteiger partial charge on any atom is -0.460 e. The minimum absolute atomic E-state index is 0.00763. The van der Waals surface area contributed by atoms with Crippen LogP contribution in [0.1, 0.15) is 21.5 Å². The molecule has 0 fully saturated rings. The van der Waals surface area contributed by atoms with E-state index in [0.29, 0.717) is 60.5 Å². The number of aromatic nitrogens is 12. The van der Waals surface area contributed by atoms with Crippen molar-refractivity contribution in [2.24, 2.45) is 0 Å². The van der Waals surface area contributed by atoms with Gasteiger partial charge in [0.25, 0.3) is 0 Å². The largest absolute Gasteiger partial charge is 0.460 e. The Morgan fingerprint density at radius 3 is 1.23 bits per heavy atom. The number of nitrogens with zero attached hydrogens (tertiary/aromatic N) is 12. The lowest BCUT2D eigenvalue weighted by Gasteiger charge is -2.11. The maximum atomic E-state index is 13.8. The van der Waals surface area contributed by atoms with Crippen molar-refractivity contribution in [1.82, 2.24) is 60.0 Å². The lowest BCUT2D eigenvalue weighted by molar-refractivity contribution is 0.00919. The third kappa shape index (κ3) is 10.3. The predicted molar refractivity (Wildman–Crippen MR) is 305 cm³/mol. The minimum atomic E-state index is -0.572. The van der Waals surface area contributed by atoms with Gasteiger partial charge >= 0.3 is 5.97 Å². The quantitative estimate of drug-likeness (QED) is 0.0458.